The Labute approximate surface area is 176 Å². The largest absolute Gasteiger partial charge is 0.351 e. The van der Waals surface area contributed by atoms with Crippen molar-refractivity contribution in [2.75, 3.05) is 13.1 Å². The van der Waals surface area contributed by atoms with Crippen molar-refractivity contribution in [2.45, 2.75) is 45.1 Å². The number of rotatable bonds is 7. The van der Waals surface area contributed by atoms with Gasteiger partial charge in [0.15, 0.2) is 5.69 Å². The first-order chi connectivity index (χ1) is 14.7. The number of benzene rings is 1. The van der Waals surface area contributed by atoms with Crippen LogP contribution in [0.15, 0.2) is 54.7 Å². The van der Waals surface area contributed by atoms with Crippen LogP contribution in [-0.4, -0.2) is 39.2 Å². The minimum atomic E-state index is -0.153. The molecular weight excluding hydrogens is 376 g/mol. The van der Waals surface area contributed by atoms with E-state index in [2.05, 4.69) is 12.2 Å². The molecule has 6 heteroatoms. The first-order valence-corrected chi connectivity index (χ1v) is 10.8. The molecule has 2 amide bonds. The van der Waals surface area contributed by atoms with Crippen molar-refractivity contribution < 1.29 is 9.59 Å². The van der Waals surface area contributed by atoms with Crippen molar-refractivity contribution in [1.82, 2.24) is 19.6 Å². The topological polar surface area (TPSA) is 66.7 Å². The Kier molecular flexibility index (Phi) is 6.12. The SMILES string of the molecule is CCCCCNC(=O)c1nc(C2CCCN2C(=O)c2ccccc2)n2ccccc12. The van der Waals surface area contributed by atoms with Crippen molar-refractivity contribution in [2.24, 2.45) is 0 Å². The number of aromatic nitrogens is 2. The number of fused-ring (bicyclic) bond motifs is 1. The van der Waals surface area contributed by atoms with Gasteiger partial charge in [0.2, 0.25) is 0 Å². The van der Waals surface area contributed by atoms with E-state index in [-0.39, 0.29) is 17.9 Å². The quantitative estimate of drug-likeness (QED) is 0.599. The number of nitrogens with one attached hydrogen (secondary N) is 1. The van der Waals surface area contributed by atoms with E-state index < -0.39 is 0 Å². The molecule has 0 spiro atoms. The Hall–Kier alpha value is -3.15. The van der Waals surface area contributed by atoms with Crippen LogP contribution in [0.3, 0.4) is 0 Å². The van der Waals surface area contributed by atoms with Gasteiger partial charge in [0.25, 0.3) is 11.8 Å². The molecule has 1 N–H and O–H groups in total. The van der Waals surface area contributed by atoms with E-state index in [4.69, 9.17) is 4.98 Å². The molecule has 1 unspecified atom stereocenters. The zero-order valence-corrected chi connectivity index (χ0v) is 17.4. The molecule has 0 saturated carbocycles. The van der Waals surface area contributed by atoms with Crippen molar-refractivity contribution in [1.29, 1.82) is 0 Å². The fourth-order valence-corrected chi connectivity index (χ4v) is 4.15. The van der Waals surface area contributed by atoms with Gasteiger partial charge < -0.3 is 14.6 Å². The number of hydrogen-bond donors (Lipinski definition) is 1. The Morgan fingerprint density at radius 2 is 1.90 bits per heavy atom. The predicted molar refractivity (Wildman–Crippen MR) is 117 cm³/mol. The van der Waals surface area contributed by atoms with Gasteiger partial charge in [0, 0.05) is 24.8 Å². The lowest BCUT2D eigenvalue weighted by molar-refractivity contribution is 0.0729. The predicted octanol–water partition coefficient (Wildman–Crippen LogP) is 4.23. The van der Waals surface area contributed by atoms with E-state index in [9.17, 15) is 9.59 Å². The molecular formula is C24H28N4O2. The van der Waals surface area contributed by atoms with Crippen LogP contribution >= 0.6 is 0 Å². The monoisotopic (exact) mass is 404 g/mol. The fraction of sp³-hybridized carbons (Fsp3) is 0.375. The number of amides is 2. The molecule has 1 atom stereocenters. The fourth-order valence-electron chi connectivity index (χ4n) is 4.15. The standard InChI is InChI=1S/C24H28N4O2/c1-2-3-8-15-25-23(29)21-19-13-7-9-16-27(19)22(26-21)20-14-10-17-28(20)24(30)18-11-5-4-6-12-18/h4-7,9,11-13,16,20H,2-3,8,10,14-15,17H2,1H3,(H,25,29). The van der Waals surface area contributed by atoms with Crippen LogP contribution in [0.1, 0.15) is 71.7 Å². The van der Waals surface area contributed by atoms with E-state index in [1.165, 1.54) is 0 Å². The van der Waals surface area contributed by atoms with Gasteiger partial charge in [0.1, 0.15) is 5.82 Å². The van der Waals surface area contributed by atoms with Crippen LogP contribution in [-0.2, 0) is 0 Å². The maximum Gasteiger partial charge on any atom is 0.272 e. The van der Waals surface area contributed by atoms with Crippen molar-refractivity contribution in [3.8, 4) is 0 Å². The van der Waals surface area contributed by atoms with E-state index in [0.717, 1.165) is 43.4 Å². The zero-order chi connectivity index (χ0) is 20.9. The summed E-state index contributed by atoms with van der Waals surface area (Å²) in [7, 11) is 0. The van der Waals surface area contributed by atoms with Gasteiger partial charge in [-0.15, -0.1) is 0 Å². The van der Waals surface area contributed by atoms with E-state index in [1.807, 2.05) is 64.0 Å². The molecule has 1 aliphatic rings. The maximum atomic E-state index is 13.1. The second-order valence-electron chi connectivity index (χ2n) is 7.76. The zero-order valence-electron chi connectivity index (χ0n) is 17.4. The van der Waals surface area contributed by atoms with Crippen LogP contribution in [0, 0.1) is 0 Å². The molecule has 156 valence electrons. The molecule has 1 aliphatic heterocycles. The lowest BCUT2D eigenvalue weighted by atomic mass is 10.1. The molecule has 0 bridgehead atoms. The summed E-state index contributed by atoms with van der Waals surface area (Å²) in [6.45, 7) is 3.48. The normalized spacial score (nSPS) is 16.2. The molecule has 0 radical (unpaired) electrons. The minimum absolute atomic E-state index is 0.0105. The highest BCUT2D eigenvalue weighted by Gasteiger charge is 2.34. The van der Waals surface area contributed by atoms with Gasteiger partial charge in [-0.2, -0.15) is 0 Å². The third kappa shape index (κ3) is 3.95. The summed E-state index contributed by atoms with van der Waals surface area (Å²) in [5.74, 6) is 0.613. The van der Waals surface area contributed by atoms with Crippen LogP contribution in [0.2, 0.25) is 0 Å². The van der Waals surface area contributed by atoms with Gasteiger partial charge in [-0.3, -0.25) is 9.59 Å². The van der Waals surface area contributed by atoms with Crippen LogP contribution in [0.5, 0.6) is 0 Å². The molecule has 4 rings (SSSR count). The second kappa shape index (κ2) is 9.11. The Bertz CT molecular complexity index is 1030. The molecule has 0 aliphatic carbocycles. The number of likely N-dealkylation sites (tertiary alicyclic amines) is 1. The molecule has 1 fully saturated rings. The molecule has 1 saturated heterocycles. The van der Waals surface area contributed by atoms with Gasteiger partial charge in [-0.25, -0.2) is 4.98 Å². The van der Waals surface area contributed by atoms with Gasteiger partial charge in [-0.05, 0) is 43.5 Å². The summed E-state index contributed by atoms with van der Waals surface area (Å²) in [5, 5.41) is 2.99. The molecule has 3 heterocycles. The molecule has 1 aromatic carbocycles. The van der Waals surface area contributed by atoms with Crippen molar-refractivity contribution in [3.05, 3.63) is 71.8 Å². The maximum absolute atomic E-state index is 13.1. The van der Waals surface area contributed by atoms with Crippen LogP contribution < -0.4 is 5.32 Å². The van der Waals surface area contributed by atoms with Gasteiger partial charge >= 0.3 is 0 Å². The highest BCUT2D eigenvalue weighted by atomic mass is 16.2. The van der Waals surface area contributed by atoms with Crippen LogP contribution in [0.4, 0.5) is 0 Å². The number of hydrogen-bond acceptors (Lipinski definition) is 3. The number of imidazole rings is 1. The number of nitrogens with zero attached hydrogens (tertiary/aromatic N) is 3. The van der Waals surface area contributed by atoms with Crippen molar-refractivity contribution >= 4 is 17.3 Å². The lowest BCUT2D eigenvalue weighted by Gasteiger charge is -2.24. The Morgan fingerprint density at radius 3 is 2.70 bits per heavy atom. The van der Waals surface area contributed by atoms with E-state index in [1.54, 1.807) is 0 Å². The lowest BCUT2D eigenvalue weighted by Crippen LogP contribution is -2.31. The highest BCUT2D eigenvalue weighted by Crippen LogP contribution is 2.33. The summed E-state index contributed by atoms with van der Waals surface area (Å²) in [6.07, 6.45) is 6.85. The minimum Gasteiger partial charge on any atom is -0.351 e. The van der Waals surface area contributed by atoms with Crippen LogP contribution in [0.25, 0.3) is 5.52 Å². The number of carbonyl (C=O) groups is 2. The molecule has 6 nitrogen and oxygen atoms in total. The Balaban J connectivity index is 1.64. The molecule has 3 aromatic rings. The summed E-state index contributed by atoms with van der Waals surface area (Å²) in [6, 6.07) is 15.0. The summed E-state index contributed by atoms with van der Waals surface area (Å²) < 4.78 is 1.96. The number of pyridine rings is 1. The smallest absolute Gasteiger partial charge is 0.272 e. The van der Waals surface area contributed by atoms with E-state index >= 15 is 0 Å². The van der Waals surface area contributed by atoms with Crippen molar-refractivity contribution in [3.63, 3.8) is 0 Å². The van der Waals surface area contributed by atoms with Gasteiger partial charge in [-0.1, -0.05) is 44.0 Å². The summed E-state index contributed by atoms with van der Waals surface area (Å²) in [5.41, 5.74) is 1.89. The first-order valence-electron chi connectivity index (χ1n) is 10.8. The number of unbranched alkanes of at least 4 members (excludes halogenated alkanes) is 2. The third-order valence-electron chi connectivity index (χ3n) is 5.69. The average molecular weight is 405 g/mol. The summed E-state index contributed by atoms with van der Waals surface area (Å²) >= 11 is 0. The number of carbonyl (C=O) groups excluding carboxylic acids is 2. The average Bonchev–Trinajstić information content (AvgIpc) is 3.41. The highest BCUT2D eigenvalue weighted by molar-refractivity contribution is 5.99. The summed E-state index contributed by atoms with van der Waals surface area (Å²) in [4.78, 5) is 32.6. The first kappa shape index (κ1) is 20.1. The molecule has 2 aromatic heterocycles. The van der Waals surface area contributed by atoms with Gasteiger partial charge in [0.05, 0.1) is 11.6 Å². The second-order valence-corrected chi connectivity index (χ2v) is 7.76. The third-order valence-corrected chi connectivity index (χ3v) is 5.69. The Morgan fingerprint density at radius 1 is 1.10 bits per heavy atom. The van der Waals surface area contributed by atoms with E-state index in [0.29, 0.717) is 24.3 Å². The molecule has 30 heavy (non-hydrogen) atoms.